The molecular weight excluding hydrogens is 404 g/mol. The molecule has 0 radical (unpaired) electrons. The lowest BCUT2D eigenvalue weighted by molar-refractivity contribution is 0.390. The van der Waals surface area contributed by atoms with E-state index in [0.29, 0.717) is 17.3 Å². The van der Waals surface area contributed by atoms with Crippen molar-refractivity contribution in [2.24, 2.45) is 0 Å². The highest BCUT2D eigenvalue weighted by molar-refractivity contribution is 7.92. The molecule has 0 unspecified atom stereocenters. The molecule has 0 aliphatic carbocycles. The van der Waals surface area contributed by atoms with Crippen LogP contribution in [0.15, 0.2) is 39.8 Å². The monoisotopic (exact) mass is 428 g/mol. The average Bonchev–Trinajstić information content (AvgIpc) is 3.33. The fourth-order valence-corrected chi connectivity index (χ4v) is 4.92. The summed E-state index contributed by atoms with van der Waals surface area (Å²) in [6.45, 7) is 7.13. The van der Waals surface area contributed by atoms with Crippen molar-refractivity contribution < 1.29 is 12.9 Å². The van der Waals surface area contributed by atoms with Crippen LogP contribution in [0.25, 0.3) is 0 Å². The van der Waals surface area contributed by atoms with Crippen molar-refractivity contribution >= 4 is 33.2 Å². The zero-order valence-corrected chi connectivity index (χ0v) is 18.0. The molecule has 158 valence electrons. The standard InChI is InChI=1S/C20H24N6O3S/c1-13-12-18(26-10-4-5-11-26)23-20(21-13)22-16-6-8-17(9-7-16)25-30(27,28)19-14(2)24-29-15(19)3/h6-9,12,25H,4-5,10-11H2,1-3H3,(H,21,22,23). The van der Waals surface area contributed by atoms with Crippen LogP contribution in [0, 0.1) is 20.8 Å². The summed E-state index contributed by atoms with van der Waals surface area (Å²) in [4.78, 5) is 11.4. The van der Waals surface area contributed by atoms with Crippen LogP contribution in [0.3, 0.4) is 0 Å². The van der Waals surface area contributed by atoms with Crippen molar-refractivity contribution in [3.8, 4) is 0 Å². The molecule has 1 saturated heterocycles. The van der Waals surface area contributed by atoms with Gasteiger partial charge in [-0.15, -0.1) is 0 Å². The Labute approximate surface area is 175 Å². The summed E-state index contributed by atoms with van der Waals surface area (Å²) in [6, 6.07) is 8.88. The highest BCUT2D eigenvalue weighted by atomic mass is 32.2. The van der Waals surface area contributed by atoms with Crippen molar-refractivity contribution in [2.45, 2.75) is 38.5 Å². The second-order valence-corrected chi connectivity index (χ2v) is 8.97. The van der Waals surface area contributed by atoms with Crippen LogP contribution < -0.4 is 14.9 Å². The molecule has 1 fully saturated rings. The quantitative estimate of drug-likeness (QED) is 0.613. The number of nitrogens with one attached hydrogen (secondary N) is 2. The first kappa shape index (κ1) is 20.1. The van der Waals surface area contributed by atoms with Gasteiger partial charge in [-0.25, -0.2) is 13.4 Å². The fraction of sp³-hybridized carbons (Fsp3) is 0.350. The van der Waals surface area contributed by atoms with Gasteiger partial charge in [0, 0.05) is 36.2 Å². The molecule has 0 amide bonds. The van der Waals surface area contributed by atoms with E-state index in [1.165, 1.54) is 12.8 Å². The summed E-state index contributed by atoms with van der Waals surface area (Å²) < 4.78 is 32.8. The Morgan fingerprint density at radius 1 is 1.00 bits per heavy atom. The summed E-state index contributed by atoms with van der Waals surface area (Å²) in [5.41, 5.74) is 2.40. The first-order chi connectivity index (χ1) is 14.3. The number of aryl methyl sites for hydroxylation is 3. The second kappa shape index (κ2) is 7.94. The first-order valence-corrected chi connectivity index (χ1v) is 11.2. The Morgan fingerprint density at radius 3 is 2.30 bits per heavy atom. The average molecular weight is 429 g/mol. The summed E-state index contributed by atoms with van der Waals surface area (Å²) in [5.74, 6) is 1.69. The maximum absolute atomic E-state index is 12.6. The minimum absolute atomic E-state index is 0.0623. The maximum atomic E-state index is 12.6. The molecule has 0 atom stereocenters. The van der Waals surface area contributed by atoms with Gasteiger partial charge in [0.2, 0.25) is 5.95 Å². The molecule has 0 saturated carbocycles. The number of nitrogens with zero attached hydrogens (tertiary/aromatic N) is 4. The minimum atomic E-state index is -3.78. The zero-order chi connectivity index (χ0) is 21.3. The topological polar surface area (TPSA) is 113 Å². The van der Waals surface area contributed by atoms with Gasteiger partial charge in [0.1, 0.15) is 11.5 Å². The maximum Gasteiger partial charge on any atom is 0.267 e. The number of rotatable bonds is 6. The summed E-state index contributed by atoms with van der Waals surface area (Å²) >= 11 is 0. The van der Waals surface area contributed by atoms with Crippen LogP contribution in [-0.2, 0) is 10.0 Å². The lowest BCUT2D eigenvalue weighted by Crippen LogP contribution is -2.19. The molecule has 3 aromatic rings. The Morgan fingerprint density at radius 2 is 1.67 bits per heavy atom. The molecule has 9 nitrogen and oxygen atoms in total. The summed E-state index contributed by atoms with van der Waals surface area (Å²) in [5, 5.41) is 6.90. The Kier molecular flexibility index (Phi) is 5.33. The van der Waals surface area contributed by atoms with E-state index in [-0.39, 0.29) is 10.7 Å². The Balaban J connectivity index is 1.49. The molecule has 2 aromatic heterocycles. The van der Waals surface area contributed by atoms with E-state index in [0.717, 1.165) is 30.3 Å². The number of hydrogen-bond acceptors (Lipinski definition) is 8. The van der Waals surface area contributed by atoms with Gasteiger partial charge in [-0.05, 0) is 57.9 Å². The first-order valence-electron chi connectivity index (χ1n) is 9.75. The van der Waals surface area contributed by atoms with Gasteiger partial charge < -0.3 is 14.7 Å². The summed E-state index contributed by atoms with van der Waals surface area (Å²) in [7, 11) is -3.78. The molecule has 0 bridgehead atoms. The van der Waals surface area contributed by atoms with Gasteiger partial charge in [-0.2, -0.15) is 4.98 Å². The van der Waals surface area contributed by atoms with E-state index in [4.69, 9.17) is 4.52 Å². The Bertz CT molecular complexity index is 1130. The molecule has 1 aliphatic heterocycles. The van der Waals surface area contributed by atoms with E-state index in [1.807, 2.05) is 13.0 Å². The SMILES string of the molecule is Cc1cc(N2CCCC2)nc(Nc2ccc(NS(=O)(=O)c3c(C)noc3C)cc2)n1. The molecule has 1 aromatic carbocycles. The Hall–Kier alpha value is -3.14. The van der Waals surface area contributed by atoms with Gasteiger partial charge in [-0.1, -0.05) is 5.16 Å². The van der Waals surface area contributed by atoms with Crippen molar-refractivity contribution in [3.05, 3.63) is 47.5 Å². The second-order valence-electron chi connectivity index (χ2n) is 7.35. The van der Waals surface area contributed by atoms with E-state index < -0.39 is 10.0 Å². The molecule has 0 spiro atoms. The van der Waals surface area contributed by atoms with Gasteiger partial charge in [0.25, 0.3) is 10.0 Å². The van der Waals surface area contributed by atoms with Crippen molar-refractivity contribution in [2.75, 3.05) is 28.0 Å². The molecule has 1 aliphatic rings. The molecule has 4 rings (SSSR count). The van der Waals surface area contributed by atoms with Crippen LogP contribution >= 0.6 is 0 Å². The normalized spacial score (nSPS) is 14.2. The van der Waals surface area contributed by atoms with Crippen molar-refractivity contribution in [3.63, 3.8) is 0 Å². The number of sulfonamides is 1. The number of benzene rings is 1. The molecule has 3 heterocycles. The van der Waals surface area contributed by atoms with Crippen LogP contribution in [0.4, 0.5) is 23.1 Å². The van der Waals surface area contributed by atoms with E-state index in [1.54, 1.807) is 38.1 Å². The van der Waals surface area contributed by atoms with E-state index in [2.05, 4.69) is 30.1 Å². The van der Waals surface area contributed by atoms with Crippen LogP contribution in [0.2, 0.25) is 0 Å². The minimum Gasteiger partial charge on any atom is -0.360 e. The van der Waals surface area contributed by atoms with Gasteiger partial charge >= 0.3 is 0 Å². The molecule has 10 heteroatoms. The number of hydrogen-bond donors (Lipinski definition) is 2. The number of anilines is 4. The number of aromatic nitrogens is 3. The molecule has 30 heavy (non-hydrogen) atoms. The predicted molar refractivity (Wildman–Crippen MR) is 115 cm³/mol. The van der Waals surface area contributed by atoms with Crippen molar-refractivity contribution in [1.82, 2.24) is 15.1 Å². The van der Waals surface area contributed by atoms with Gasteiger partial charge in [0.05, 0.1) is 0 Å². The lowest BCUT2D eigenvalue weighted by atomic mass is 10.3. The van der Waals surface area contributed by atoms with Gasteiger partial charge in [-0.3, -0.25) is 4.72 Å². The van der Waals surface area contributed by atoms with Gasteiger partial charge in [0.15, 0.2) is 10.7 Å². The van der Waals surface area contributed by atoms with E-state index >= 15 is 0 Å². The highest BCUT2D eigenvalue weighted by Gasteiger charge is 2.24. The largest absolute Gasteiger partial charge is 0.360 e. The lowest BCUT2D eigenvalue weighted by Gasteiger charge is -2.17. The van der Waals surface area contributed by atoms with Crippen LogP contribution in [-0.4, -0.2) is 36.6 Å². The molecular formula is C20H24N6O3S. The third-order valence-electron chi connectivity index (χ3n) is 4.90. The smallest absolute Gasteiger partial charge is 0.267 e. The zero-order valence-electron chi connectivity index (χ0n) is 17.1. The summed E-state index contributed by atoms with van der Waals surface area (Å²) in [6.07, 6.45) is 2.36. The predicted octanol–water partition coefficient (Wildman–Crippen LogP) is 3.53. The van der Waals surface area contributed by atoms with Crippen LogP contribution in [0.1, 0.15) is 30.0 Å². The van der Waals surface area contributed by atoms with Crippen molar-refractivity contribution in [1.29, 1.82) is 0 Å². The van der Waals surface area contributed by atoms with Crippen LogP contribution in [0.5, 0.6) is 0 Å². The molecule has 2 N–H and O–H groups in total. The third kappa shape index (κ3) is 4.23. The third-order valence-corrected chi connectivity index (χ3v) is 6.53. The fourth-order valence-electron chi connectivity index (χ4n) is 3.53. The van der Waals surface area contributed by atoms with E-state index in [9.17, 15) is 8.42 Å². The highest BCUT2D eigenvalue weighted by Crippen LogP contribution is 2.25.